The third kappa shape index (κ3) is 3.60. The first-order chi connectivity index (χ1) is 8.72. The molecule has 1 aromatic carbocycles. The zero-order valence-corrected chi connectivity index (χ0v) is 12.8. The molecule has 0 saturated heterocycles. The standard InChI is InChI=1S/C11H14Cl2N2O3S/c1-3-15(4-2)11(16)8-5-7(12)6-9(10(8)13)19(14,17)18/h5-6H,3-4H2,1-2H3,(H2,14,17,18). The Labute approximate surface area is 122 Å². The fraction of sp³-hybridized carbons (Fsp3) is 0.364. The average molecular weight is 325 g/mol. The highest BCUT2D eigenvalue weighted by Crippen LogP contribution is 2.29. The predicted octanol–water partition coefficient (Wildman–Crippen LogP) is 2.12. The quantitative estimate of drug-likeness (QED) is 0.921. The van der Waals surface area contributed by atoms with Crippen molar-refractivity contribution in [1.29, 1.82) is 0 Å². The number of benzene rings is 1. The summed E-state index contributed by atoms with van der Waals surface area (Å²) in [6.07, 6.45) is 0. The molecule has 0 aliphatic heterocycles. The predicted molar refractivity (Wildman–Crippen MR) is 75.1 cm³/mol. The normalized spacial score (nSPS) is 11.4. The number of rotatable bonds is 4. The van der Waals surface area contributed by atoms with E-state index >= 15 is 0 Å². The van der Waals surface area contributed by atoms with Gasteiger partial charge in [0.2, 0.25) is 10.0 Å². The lowest BCUT2D eigenvalue weighted by Gasteiger charge is -2.20. The summed E-state index contributed by atoms with van der Waals surface area (Å²) in [4.78, 5) is 13.4. The Kier molecular flexibility index (Phi) is 5.20. The summed E-state index contributed by atoms with van der Waals surface area (Å²) >= 11 is 11.8. The molecule has 0 aliphatic rings. The number of carbonyl (C=O) groups excluding carboxylic acids is 1. The van der Waals surface area contributed by atoms with E-state index in [-0.39, 0.29) is 26.4 Å². The number of nitrogens with zero attached hydrogens (tertiary/aromatic N) is 1. The van der Waals surface area contributed by atoms with Crippen LogP contribution >= 0.6 is 23.2 Å². The van der Waals surface area contributed by atoms with E-state index in [1.165, 1.54) is 11.0 Å². The van der Waals surface area contributed by atoms with E-state index in [0.29, 0.717) is 13.1 Å². The van der Waals surface area contributed by atoms with Crippen LogP contribution in [0.3, 0.4) is 0 Å². The van der Waals surface area contributed by atoms with Crippen LogP contribution in [-0.4, -0.2) is 32.3 Å². The third-order valence-corrected chi connectivity index (χ3v) is 4.26. The van der Waals surface area contributed by atoms with E-state index in [2.05, 4.69) is 0 Å². The largest absolute Gasteiger partial charge is 0.339 e. The highest BCUT2D eigenvalue weighted by Gasteiger charge is 2.23. The smallest absolute Gasteiger partial charge is 0.255 e. The highest BCUT2D eigenvalue weighted by atomic mass is 35.5. The number of amides is 1. The monoisotopic (exact) mass is 324 g/mol. The summed E-state index contributed by atoms with van der Waals surface area (Å²) in [6, 6.07) is 2.46. The number of halogens is 2. The molecule has 5 nitrogen and oxygen atoms in total. The molecule has 106 valence electrons. The van der Waals surface area contributed by atoms with E-state index in [1.54, 1.807) is 13.8 Å². The molecule has 0 heterocycles. The summed E-state index contributed by atoms with van der Waals surface area (Å²) in [5, 5.41) is 4.92. The Morgan fingerprint density at radius 1 is 1.26 bits per heavy atom. The van der Waals surface area contributed by atoms with Gasteiger partial charge in [0.1, 0.15) is 4.90 Å². The van der Waals surface area contributed by atoms with Crippen molar-refractivity contribution in [2.75, 3.05) is 13.1 Å². The van der Waals surface area contributed by atoms with Crippen molar-refractivity contribution in [2.45, 2.75) is 18.7 Å². The number of primary sulfonamides is 1. The number of nitrogens with two attached hydrogens (primary N) is 1. The second kappa shape index (κ2) is 6.09. The minimum absolute atomic E-state index is 0.0295. The summed E-state index contributed by atoms with van der Waals surface area (Å²) < 4.78 is 22.8. The van der Waals surface area contributed by atoms with Gasteiger partial charge in [-0.3, -0.25) is 4.79 Å². The number of hydrogen-bond donors (Lipinski definition) is 1. The molecular weight excluding hydrogens is 311 g/mol. The molecule has 1 aromatic rings. The van der Waals surface area contributed by atoms with Gasteiger partial charge in [-0.25, -0.2) is 13.6 Å². The lowest BCUT2D eigenvalue weighted by molar-refractivity contribution is 0.0773. The lowest BCUT2D eigenvalue weighted by atomic mass is 10.2. The molecule has 0 aliphatic carbocycles. The molecular formula is C11H14Cl2N2O3S. The van der Waals surface area contributed by atoms with E-state index in [9.17, 15) is 13.2 Å². The molecule has 0 bridgehead atoms. The van der Waals surface area contributed by atoms with E-state index in [0.717, 1.165) is 6.07 Å². The lowest BCUT2D eigenvalue weighted by Crippen LogP contribution is -2.31. The minimum atomic E-state index is -4.04. The van der Waals surface area contributed by atoms with Crippen molar-refractivity contribution >= 4 is 39.1 Å². The van der Waals surface area contributed by atoms with Gasteiger partial charge in [-0.2, -0.15) is 0 Å². The molecule has 1 rings (SSSR count). The zero-order valence-electron chi connectivity index (χ0n) is 10.5. The van der Waals surface area contributed by atoms with Gasteiger partial charge in [-0.05, 0) is 26.0 Å². The zero-order chi connectivity index (χ0) is 14.8. The summed E-state index contributed by atoms with van der Waals surface area (Å²) in [5.74, 6) is -0.387. The third-order valence-electron chi connectivity index (χ3n) is 2.59. The van der Waals surface area contributed by atoms with Gasteiger partial charge >= 0.3 is 0 Å². The second-order valence-electron chi connectivity index (χ2n) is 3.79. The molecule has 0 aromatic heterocycles. The Morgan fingerprint density at radius 2 is 1.79 bits per heavy atom. The van der Waals surface area contributed by atoms with Crippen molar-refractivity contribution in [3.63, 3.8) is 0 Å². The fourth-order valence-electron chi connectivity index (χ4n) is 1.61. The van der Waals surface area contributed by atoms with Crippen LogP contribution in [-0.2, 0) is 10.0 Å². The molecule has 0 spiro atoms. The Morgan fingerprint density at radius 3 is 2.21 bits per heavy atom. The van der Waals surface area contributed by atoms with E-state index in [4.69, 9.17) is 28.3 Å². The van der Waals surface area contributed by atoms with Crippen LogP contribution in [0.25, 0.3) is 0 Å². The molecule has 2 N–H and O–H groups in total. The topological polar surface area (TPSA) is 80.5 Å². The second-order valence-corrected chi connectivity index (χ2v) is 6.13. The van der Waals surface area contributed by atoms with Gasteiger partial charge in [0, 0.05) is 18.1 Å². The number of hydrogen-bond acceptors (Lipinski definition) is 3. The van der Waals surface area contributed by atoms with Gasteiger partial charge in [0.05, 0.1) is 10.6 Å². The van der Waals surface area contributed by atoms with Gasteiger partial charge in [0.25, 0.3) is 5.91 Å². The first-order valence-corrected chi connectivity index (χ1v) is 7.83. The summed E-state index contributed by atoms with van der Waals surface area (Å²) in [5.41, 5.74) is 0.0295. The summed E-state index contributed by atoms with van der Waals surface area (Å²) in [6.45, 7) is 4.56. The molecule has 19 heavy (non-hydrogen) atoms. The molecule has 1 amide bonds. The van der Waals surface area contributed by atoms with Gasteiger partial charge < -0.3 is 4.90 Å². The highest BCUT2D eigenvalue weighted by molar-refractivity contribution is 7.89. The van der Waals surface area contributed by atoms with Crippen molar-refractivity contribution in [3.05, 3.63) is 27.7 Å². The Balaban J connectivity index is 3.46. The van der Waals surface area contributed by atoms with Crippen LogP contribution in [0.1, 0.15) is 24.2 Å². The summed E-state index contributed by atoms with van der Waals surface area (Å²) in [7, 11) is -4.04. The molecule has 0 radical (unpaired) electrons. The molecule has 0 unspecified atom stereocenters. The van der Waals surface area contributed by atoms with Gasteiger partial charge in [0.15, 0.2) is 0 Å². The van der Waals surface area contributed by atoms with Crippen molar-refractivity contribution < 1.29 is 13.2 Å². The Hall–Kier alpha value is -0.820. The van der Waals surface area contributed by atoms with Crippen LogP contribution in [0.2, 0.25) is 10.0 Å². The van der Waals surface area contributed by atoms with Gasteiger partial charge in [-0.1, -0.05) is 23.2 Å². The van der Waals surface area contributed by atoms with Crippen LogP contribution in [0.5, 0.6) is 0 Å². The molecule has 0 saturated carbocycles. The van der Waals surface area contributed by atoms with E-state index < -0.39 is 10.0 Å². The van der Waals surface area contributed by atoms with Crippen molar-refractivity contribution in [3.8, 4) is 0 Å². The molecule has 8 heteroatoms. The van der Waals surface area contributed by atoms with Crippen molar-refractivity contribution in [1.82, 2.24) is 4.90 Å². The maximum Gasteiger partial charge on any atom is 0.255 e. The minimum Gasteiger partial charge on any atom is -0.339 e. The SMILES string of the molecule is CCN(CC)C(=O)c1cc(Cl)cc(S(N)(=O)=O)c1Cl. The number of carbonyl (C=O) groups is 1. The first-order valence-electron chi connectivity index (χ1n) is 5.53. The average Bonchev–Trinajstić information content (AvgIpc) is 2.31. The van der Waals surface area contributed by atoms with Crippen LogP contribution < -0.4 is 5.14 Å². The maximum atomic E-state index is 12.2. The van der Waals surface area contributed by atoms with Gasteiger partial charge in [-0.15, -0.1) is 0 Å². The fourth-order valence-corrected chi connectivity index (χ4v) is 3.05. The number of sulfonamides is 1. The Bertz CT molecular complexity index is 598. The first kappa shape index (κ1) is 16.2. The van der Waals surface area contributed by atoms with Crippen LogP contribution in [0.15, 0.2) is 17.0 Å². The van der Waals surface area contributed by atoms with E-state index in [1.807, 2.05) is 0 Å². The molecule has 0 fully saturated rings. The maximum absolute atomic E-state index is 12.2. The van der Waals surface area contributed by atoms with Crippen LogP contribution in [0.4, 0.5) is 0 Å². The van der Waals surface area contributed by atoms with Crippen LogP contribution in [0, 0.1) is 0 Å². The molecule has 0 atom stereocenters. The van der Waals surface area contributed by atoms with Crippen molar-refractivity contribution in [2.24, 2.45) is 5.14 Å².